The molecule has 1 N–H and O–H groups in total. The van der Waals surface area contributed by atoms with Crippen LogP contribution in [0.15, 0.2) is 16.5 Å². The van der Waals surface area contributed by atoms with Gasteiger partial charge in [0.15, 0.2) is 5.76 Å². The van der Waals surface area contributed by atoms with Crippen LogP contribution in [0, 0.1) is 5.92 Å². The highest BCUT2D eigenvalue weighted by Crippen LogP contribution is 2.29. The molecule has 1 aliphatic heterocycles. The number of aryl methyl sites for hydroxylation is 1. The molecule has 1 fully saturated rings. The Kier molecular flexibility index (Phi) is 3.00. The van der Waals surface area contributed by atoms with Gasteiger partial charge in [-0.15, -0.1) is 0 Å². The molecular formula is C13H19NO3. The number of carbonyl (C=O) groups excluding carboxylic acids is 1. The van der Waals surface area contributed by atoms with Crippen LogP contribution in [0.25, 0.3) is 0 Å². The molecule has 0 bridgehead atoms. The lowest BCUT2D eigenvalue weighted by atomic mass is 9.83. The molecule has 94 valence electrons. The van der Waals surface area contributed by atoms with E-state index in [2.05, 4.69) is 0 Å². The van der Waals surface area contributed by atoms with Gasteiger partial charge in [-0.1, -0.05) is 20.8 Å². The van der Waals surface area contributed by atoms with Crippen LogP contribution in [-0.4, -0.2) is 34.6 Å². The van der Waals surface area contributed by atoms with Crippen LogP contribution >= 0.6 is 0 Å². The van der Waals surface area contributed by atoms with E-state index in [1.807, 2.05) is 26.8 Å². The first-order chi connectivity index (χ1) is 7.96. The maximum Gasteiger partial charge on any atom is 0.289 e. The van der Waals surface area contributed by atoms with Crippen molar-refractivity contribution in [2.45, 2.75) is 32.8 Å². The molecule has 0 radical (unpaired) electrons. The fourth-order valence-corrected chi connectivity index (χ4v) is 1.96. The summed E-state index contributed by atoms with van der Waals surface area (Å²) in [6.07, 6.45) is 0.781. The number of rotatable bonds is 3. The minimum Gasteiger partial charge on any atom is -0.456 e. The zero-order chi connectivity index (χ0) is 12.6. The van der Waals surface area contributed by atoms with Gasteiger partial charge in [0.25, 0.3) is 5.91 Å². The Balaban J connectivity index is 2.00. The summed E-state index contributed by atoms with van der Waals surface area (Å²) in [4.78, 5) is 13.6. The highest BCUT2D eigenvalue weighted by Gasteiger charge is 2.46. The number of furan rings is 1. The predicted molar refractivity (Wildman–Crippen MR) is 63.8 cm³/mol. The number of β-amino-alcohol motifs (C(OH)–C–C–N with tert-alkyl or cyclic N) is 1. The smallest absolute Gasteiger partial charge is 0.289 e. The van der Waals surface area contributed by atoms with Gasteiger partial charge in [-0.3, -0.25) is 4.79 Å². The van der Waals surface area contributed by atoms with Crippen LogP contribution in [0.1, 0.15) is 37.1 Å². The highest BCUT2D eigenvalue weighted by molar-refractivity contribution is 5.92. The third-order valence-corrected chi connectivity index (χ3v) is 3.51. The van der Waals surface area contributed by atoms with Crippen LogP contribution in [0.2, 0.25) is 0 Å². The van der Waals surface area contributed by atoms with Crippen molar-refractivity contribution >= 4 is 5.91 Å². The van der Waals surface area contributed by atoms with Crippen LogP contribution in [-0.2, 0) is 6.42 Å². The number of hydrogen-bond donors (Lipinski definition) is 1. The zero-order valence-electron chi connectivity index (χ0n) is 10.6. The molecule has 4 nitrogen and oxygen atoms in total. The molecule has 1 amide bonds. The molecular weight excluding hydrogens is 218 g/mol. The van der Waals surface area contributed by atoms with Crippen molar-refractivity contribution in [2.24, 2.45) is 5.92 Å². The van der Waals surface area contributed by atoms with E-state index in [1.165, 1.54) is 0 Å². The van der Waals surface area contributed by atoms with Gasteiger partial charge in [-0.2, -0.15) is 0 Å². The topological polar surface area (TPSA) is 53.7 Å². The van der Waals surface area contributed by atoms with Crippen LogP contribution in [0.5, 0.6) is 0 Å². The van der Waals surface area contributed by atoms with Crippen molar-refractivity contribution < 1.29 is 14.3 Å². The lowest BCUT2D eigenvalue weighted by Gasteiger charge is -2.48. The first kappa shape index (κ1) is 12.2. The molecule has 17 heavy (non-hydrogen) atoms. The molecule has 1 aromatic rings. The van der Waals surface area contributed by atoms with Crippen molar-refractivity contribution in [2.75, 3.05) is 13.1 Å². The molecule has 0 aliphatic carbocycles. The summed E-state index contributed by atoms with van der Waals surface area (Å²) in [5, 5.41) is 10.1. The van der Waals surface area contributed by atoms with Gasteiger partial charge < -0.3 is 14.4 Å². The molecule has 1 saturated heterocycles. The summed E-state index contributed by atoms with van der Waals surface area (Å²) in [5.74, 6) is 1.21. The lowest BCUT2D eigenvalue weighted by molar-refractivity contribution is -0.111. The Hall–Kier alpha value is -1.29. The van der Waals surface area contributed by atoms with E-state index in [9.17, 15) is 9.90 Å². The van der Waals surface area contributed by atoms with E-state index >= 15 is 0 Å². The Labute approximate surface area is 101 Å². The molecule has 4 heteroatoms. The Bertz CT molecular complexity index is 416. The van der Waals surface area contributed by atoms with Crippen molar-refractivity contribution in [1.82, 2.24) is 4.90 Å². The minimum atomic E-state index is -0.726. The Morgan fingerprint density at radius 3 is 2.65 bits per heavy atom. The molecule has 0 atom stereocenters. The summed E-state index contributed by atoms with van der Waals surface area (Å²) in [6, 6.07) is 3.52. The van der Waals surface area contributed by atoms with Gasteiger partial charge in [0, 0.05) is 6.42 Å². The number of carbonyl (C=O) groups is 1. The van der Waals surface area contributed by atoms with Gasteiger partial charge >= 0.3 is 0 Å². The minimum absolute atomic E-state index is 0.130. The molecule has 2 heterocycles. The fourth-order valence-electron chi connectivity index (χ4n) is 1.96. The number of amides is 1. The van der Waals surface area contributed by atoms with Crippen molar-refractivity contribution in [1.29, 1.82) is 0 Å². The quantitative estimate of drug-likeness (QED) is 0.870. The normalized spacial score (nSPS) is 18.3. The number of aliphatic hydroxyl groups is 1. The SMILES string of the molecule is CCc1ccc(C(=O)N2CC(O)(C(C)C)C2)o1. The average molecular weight is 237 g/mol. The maximum absolute atomic E-state index is 12.0. The number of nitrogens with zero attached hydrogens (tertiary/aromatic N) is 1. The molecule has 0 spiro atoms. The third-order valence-electron chi connectivity index (χ3n) is 3.51. The third kappa shape index (κ3) is 2.09. The van der Waals surface area contributed by atoms with Crippen LogP contribution in [0.3, 0.4) is 0 Å². The van der Waals surface area contributed by atoms with Crippen LogP contribution < -0.4 is 0 Å². The van der Waals surface area contributed by atoms with Gasteiger partial charge in [0.1, 0.15) is 11.4 Å². The largest absolute Gasteiger partial charge is 0.456 e. The van der Waals surface area contributed by atoms with Gasteiger partial charge in [0.2, 0.25) is 0 Å². The summed E-state index contributed by atoms with van der Waals surface area (Å²) in [6.45, 7) is 6.69. The first-order valence-electron chi connectivity index (χ1n) is 6.06. The van der Waals surface area contributed by atoms with E-state index in [-0.39, 0.29) is 11.8 Å². The molecule has 0 aromatic carbocycles. The van der Waals surface area contributed by atoms with Gasteiger partial charge in [-0.25, -0.2) is 0 Å². The van der Waals surface area contributed by atoms with E-state index < -0.39 is 5.60 Å². The Morgan fingerprint density at radius 1 is 1.53 bits per heavy atom. The second kappa shape index (κ2) is 4.18. The van der Waals surface area contributed by atoms with Gasteiger partial charge in [0.05, 0.1) is 13.1 Å². The number of hydrogen-bond acceptors (Lipinski definition) is 3. The maximum atomic E-state index is 12.0. The zero-order valence-corrected chi connectivity index (χ0v) is 10.6. The second-order valence-electron chi connectivity index (χ2n) is 5.04. The van der Waals surface area contributed by atoms with Crippen molar-refractivity contribution in [3.63, 3.8) is 0 Å². The van der Waals surface area contributed by atoms with E-state index in [1.54, 1.807) is 11.0 Å². The second-order valence-corrected chi connectivity index (χ2v) is 5.04. The standard InChI is InChI=1S/C13H19NO3/c1-4-10-5-6-11(17-10)12(15)14-7-13(16,8-14)9(2)3/h5-6,9,16H,4,7-8H2,1-3H3. The molecule has 1 aliphatic rings. The molecule has 0 saturated carbocycles. The molecule has 2 rings (SSSR count). The molecule has 1 aromatic heterocycles. The monoisotopic (exact) mass is 237 g/mol. The summed E-state index contributed by atoms with van der Waals surface area (Å²) in [5.41, 5.74) is -0.726. The van der Waals surface area contributed by atoms with E-state index in [0.717, 1.165) is 12.2 Å². The predicted octanol–water partition coefficient (Wildman–Crippen LogP) is 1.68. The van der Waals surface area contributed by atoms with E-state index in [0.29, 0.717) is 18.8 Å². The van der Waals surface area contributed by atoms with E-state index in [4.69, 9.17) is 4.42 Å². The first-order valence-corrected chi connectivity index (χ1v) is 6.06. The highest BCUT2D eigenvalue weighted by atomic mass is 16.4. The fraction of sp³-hybridized carbons (Fsp3) is 0.615. The lowest BCUT2D eigenvalue weighted by Crippen LogP contribution is -2.65. The summed E-state index contributed by atoms with van der Waals surface area (Å²) < 4.78 is 5.41. The summed E-state index contributed by atoms with van der Waals surface area (Å²) in [7, 11) is 0. The molecule has 0 unspecified atom stereocenters. The van der Waals surface area contributed by atoms with Crippen LogP contribution in [0.4, 0.5) is 0 Å². The summed E-state index contributed by atoms with van der Waals surface area (Å²) >= 11 is 0. The average Bonchev–Trinajstić information content (AvgIpc) is 2.71. The Morgan fingerprint density at radius 2 is 2.18 bits per heavy atom. The van der Waals surface area contributed by atoms with Gasteiger partial charge in [-0.05, 0) is 18.1 Å². The number of likely N-dealkylation sites (tertiary alicyclic amines) is 1. The van der Waals surface area contributed by atoms with Crippen molar-refractivity contribution in [3.05, 3.63) is 23.7 Å². The van der Waals surface area contributed by atoms with Crippen molar-refractivity contribution in [3.8, 4) is 0 Å².